The lowest BCUT2D eigenvalue weighted by Gasteiger charge is -2.29. The molecule has 0 unspecified atom stereocenters. The largest absolute Gasteiger partial charge is 0.489 e. The average Bonchev–Trinajstić information content (AvgIpc) is 3.53. The van der Waals surface area contributed by atoms with Gasteiger partial charge in [0.1, 0.15) is 24.7 Å². The number of hydrogen-bond donors (Lipinski definition) is 0. The van der Waals surface area contributed by atoms with Crippen molar-refractivity contribution in [2.75, 3.05) is 9.80 Å². The molecule has 298 valence electrons. The molecule has 0 amide bonds. The molecule has 8 aromatic rings. The van der Waals surface area contributed by atoms with Crippen molar-refractivity contribution in [2.24, 2.45) is 0 Å². The number of fused-ring (bicyclic) bond motifs is 3. The Morgan fingerprint density at radius 3 is 1.18 bits per heavy atom. The molecule has 4 nitrogen and oxygen atoms in total. The van der Waals surface area contributed by atoms with Crippen LogP contribution in [0.15, 0.2) is 207 Å². The SMILES string of the molecule is C=Cc1ccc(OCc2cccc(N(c3ccccc3)c3ccc4c(c3)C(C)(C)c3cc(N(c5ccccc5)c5cccc(COc6ccc(C=C)cc6)c5)ccc3-4)c2)cc1. The summed E-state index contributed by atoms with van der Waals surface area (Å²) >= 11 is 0. The molecule has 0 radical (unpaired) electrons. The molecule has 8 aromatic carbocycles. The molecule has 0 heterocycles. The van der Waals surface area contributed by atoms with Crippen LogP contribution in [0.5, 0.6) is 11.5 Å². The van der Waals surface area contributed by atoms with Crippen LogP contribution >= 0.6 is 0 Å². The Labute approximate surface area is 359 Å². The Bertz CT molecular complexity index is 2620. The molecule has 0 aliphatic heterocycles. The van der Waals surface area contributed by atoms with Gasteiger partial charge in [0.2, 0.25) is 0 Å². The first-order valence-corrected chi connectivity index (χ1v) is 20.8. The van der Waals surface area contributed by atoms with Crippen LogP contribution in [0.4, 0.5) is 34.1 Å². The Kier molecular flexibility index (Phi) is 10.8. The predicted molar refractivity (Wildman–Crippen MR) is 255 cm³/mol. The number of anilines is 6. The number of ether oxygens (including phenoxy) is 2. The van der Waals surface area contributed by atoms with Crippen LogP contribution in [0.3, 0.4) is 0 Å². The zero-order valence-corrected chi connectivity index (χ0v) is 34.7. The first-order valence-electron chi connectivity index (χ1n) is 20.8. The van der Waals surface area contributed by atoms with E-state index >= 15 is 0 Å². The summed E-state index contributed by atoms with van der Waals surface area (Å²) in [6.07, 6.45) is 3.68. The third-order valence-electron chi connectivity index (χ3n) is 11.6. The van der Waals surface area contributed by atoms with Gasteiger partial charge in [0.15, 0.2) is 0 Å². The number of rotatable bonds is 14. The maximum atomic E-state index is 6.22. The summed E-state index contributed by atoms with van der Waals surface area (Å²) in [4.78, 5) is 4.69. The molecule has 0 spiro atoms. The van der Waals surface area contributed by atoms with Gasteiger partial charge in [-0.15, -0.1) is 0 Å². The molecule has 0 fully saturated rings. The van der Waals surface area contributed by atoms with Crippen molar-refractivity contribution >= 4 is 46.3 Å². The Hall–Kier alpha value is -7.56. The molecule has 0 atom stereocenters. The van der Waals surface area contributed by atoms with E-state index in [1.807, 2.05) is 60.7 Å². The standard InChI is InChI=1S/C57H48N2O2/c1-5-41-23-29-51(30-24-41)60-39-43-15-13-21-47(35-43)58(45-17-9-7-10-18-45)49-27-33-53-54-34-28-50(38-56(54)57(3,4)55(53)37-49)59(46-19-11-8-12-20-46)48-22-14-16-44(36-48)40-61-52-31-25-42(6-2)26-32-52/h5-38H,1-2,39-40H2,3-4H3. The molecule has 1 aliphatic rings. The third-order valence-corrected chi connectivity index (χ3v) is 11.6. The van der Waals surface area contributed by atoms with Crippen molar-refractivity contribution in [3.8, 4) is 22.6 Å². The highest BCUT2D eigenvalue weighted by Crippen LogP contribution is 2.52. The predicted octanol–water partition coefficient (Wildman–Crippen LogP) is 15.4. The van der Waals surface area contributed by atoms with Crippen molar-refractivity contribution in [1.82, 2.24) is 0 Å². The molecular formula is C57H48N2O2. The fourth-order valence-corrected chi connectivity index (χ4v) is 8.34. The van der Waals surface area contributed by atoms with Gasteiger partial charge in [-0.05, 0) is 142 Å². The topological polar surface area (TPSA) is 24.9 Å². The smallest absolute Gasteiger partial charge is 0.119 e. The minimum atomic E-state index is -0.269. The van der Waals surface area contributed by atoms with Crippen LogP contribution in [0.2, 0.25) is 0 Å². The number of benzene rings is 8. The molecule has 0 N–H and O–H groups in total. The lowest BCUT2D eigenvalue weighted by Crippen LogP contribution is -2.17. The lowest BCUT2D eigenvalue weighted by atomic mass is 9.82. The summed E-state index contributed by atoms with van der Waals surface area (Å²) in [5.74, 6) is 1.66. The minimum absolute atomic E-state index is 0.269. The maximum absolute atomic E-state index is 6.22. The van der Waals surface area contributed by atoms with Gasteiger partial charge < -0.3 is 19.3 Å². The van der Waals surface area contributed by atoms with E-state index < -0.39 is 0 Å². The highest BCUT2D eigenvalue weighted by atomic mass is 16.5. The monoisotopic (exact) mass is 792 g/mol. The van der Waals surface area contributed by atoms with Gasteiger partial charge in [-0.2, -0.15) is 0 Å². The Morgan fingerprint density at radius 2 is 0.787 bits per heavy atom. The average molecular weight is 793 g/mol. The first kappa shape index (κ1) is 38.9. The second-order valence-electron chi connectivity index (χ2n) is 15.9. The molecule has 0 aromatic heterocycles. The van der Waals surface area contributed by atoms with Gasteiger partial charge in [-0.25, -0.2) is 0 Å². The van der Waals surface area contributed by atoms with Gasteiger partial charge in [0.05, 0.1) is 0 Å². The summed E-state index contributed by atoms with van der Waals surface area (Å²) in [6.45, 7) is 13.3. The van der Waals surface area contributed by atoms with Crippen LogP contribution in [0, 0.1) is 0 Å². The fraction of sp³-hybridized carbons (Fsp3) is 0.0877. The summed E-state index contributed by atoms with van der Waals surface area (Å²) in [5.41, 5.74) is 15.7. The van der Waals surface area contributed by atoms with E-state index in [0.29, 0.717) is 13.2 Å². The first-order chi connectivity index (χ1) is 29.9. The second-order valence-corrected chi connectivity index (χ2v) is 15.9. The van der Waals surface area contributed by atoms with Gasteiger partial charge in [-0.1, -0.05) is 136 Å². The summed E-state index contributed by atoms with van der Waals surface area (Å²) < 4.78 is 12.4. The number of nitrogens with zero attached hydrogens (tertiary/aromatic N) is 2. The maximum Gasteiger partial charge on any atom is 0.119 e. The number of hydrogen-bond acceptors (Lipinski definition) is 4. The summed E-state index contributed by atoms with van der Waals surface area (Å²) in [6, 6.07) is 68.4. The fourth-order valence-electron chi connectivity index (χ4n) is 8.34. The highest BCUT2D eigenvalue weighted by Gasteiger charge is 2.37. The van der Waals surface area contributed by atoms with Gasteiger partial charge in [0, 0.05) is 39.5 Å². The Morgan fingerprint density at radius 1 is 0.410 bits per heavy atom. The van der Waals surface area contributed by atoms with Crippen LogP contribution < -0.4 is 19.3 Å². The molecule has 0 saturated carbocycles. The van der Waals surface area contributed by atoms with E-state index in [0.717, 1.165) is 67.9 Å². The molecule has 4 heteroatoms. The second kappa shape index (κ2) is 17.0. The van der Waals surface area contributed by atoms with Gasteiger partial charge in [0.25, 0.3) is 0 Å². The minimum Gasteiger partial charge on any atom is -0.489 e. The van der Waals surface area contributed by atoms with Crippen molar-refractivity contribution in [3.63, 3.8) is 0 Å². The molecule has 61 heavy (non-hydrogen) atoms. The van der Waals surface area contributed by atoms with Gasteiger partial charge in [-0.3, -0.25) is 0 Å². The van der Waals surface area contributed by atoms with E-state index in [2.05, 4.69) is 182 Å². The molecule has 9 rings (SSSR count). The zero-order chi connectivity index (χ0) is 41.8. The van der Waals surface area contributed by atoms with Gasteiger partial charge >= 0.3 is 0 Å². The summed E-state index contributed by atoms with van der Waals surface area (Å²) in [7, 11) is 0. The lowest BCUT2D eigenvalue weighted by molar-refractivity contribution is 0.306. The van der Waals surface area contributed by atoms with Crippen molar-refractivity contribution < 1.29 is 9.47 Å². The zero-order valence-electron chi connectivity index (χ0n) is 34.7. The van der Waals surface area contributed by atoms with Crippen LogP contribution in [0.25, 0.3) is 23.3 Å². The normalized spacial score (nSPS) is 12.2. The molecule has 0 bridgehead atoms. The van der Waals surface area contributed by atoms with Crippen molar-refractivity contribution in [2.45, 2.75) is 32.5 Å². The quantitative estimate of drug-likeness (QED) is 0.109. The van der Waals surface area contributed by atoms with Crippen molar-refractivity contribution in [3.05, 3.63) is 241 Å². The van der Waals surface area contributed by atoms with E-state index in [-0.39, 0.29) is 5.41 Å². The summed E-state index contributed by atoms with van der Waals surface area (Å²) in [5, 5.41) is 0. The Balaban J connectivity index is 1.03. The molecule has 0 saturated heterocycles. The molecular weight excluding hydrogens is 745 g/mol. The van der Waals surface area contributed by atoms with Crippen molar-refractivity contribution in [1.29, 1.82) is 0 Å². The third kappa shape index (κ3) is 8.09. The van der Waals surface area contributed by atoms with Crippen LogP contribution in [0.1, 0.15) is 47.2 Å². The highest BCUT2D eigenvalue weighted by molar-refractivity contribution is 5.88. The molecule has 1 aliphatic carbocycles. The number of para-hydroxylation sites is 2. The van der Waals surface area contributed by atoms with E-state index in [9.17, 15) is 0 Å². The van der Waals surface area contributed by atoms with E-state index in [1.54, 1.807) is 0 Å². The van der Waals surface area contributed by atoms with Crippen LogP contribution in [-0.4, -0.2) is 0 Å². The van der Waals surface area contributed by atoms with E-state index in [4.69, 9.17) is 9.47 Å². The van der Waals surface area contributed by atoms with E-state index in [1.165, 1.54) is 22.3 Å². The van der Waals surface area contributed by atoms with Crippen LogP contribution in [-0.2, 0) is 18.6 Å².